The van der Waals surface area contributed by atoms with Crippen molar-refractivity contribution >= 4 is 35.8 Å². The second-order valence-electron chi connectivity index (χ2n) is 8.55. The van der Waals surface area contributed by atoms with Crippen molar-refractivity contribution in [3.8, 4) is 0 Å². The first-order chi connectivity index (χ1) is 14.6. The van der Waals surface area contributed by atoms with Crippen LogP contribution in [0.15, 0.2) is 29.3 Å². The van der Waals surface area contributed by atoms with Crippen molar-refractivity contribution in [1.82, 2.24) is 20.0 Å². The fourth-order valence-corrected chi connectivity index (χ4v) is 4.51. The van der Waals surface area contributed by atoms with E-state index in [9.17, 15) is 4.79 Å². The maximum atomic E-state index is 11.3. The molecule has 0 bridgehead atoms. The second-order valence-corrected chi connectivity index (χ2v) is 8.55. The molecule has 0 aromatic heterocycles. The molecule has 1 amide bonds. The van der Waals surface area contributed by atoms with Crippen LogP contribution in [0.3, 0.4) is 0 Å². The molecule has 1 aromatic rings. The molecule has 0 saturated carbocycles. The number of hydrogen-bond donors (Lipinski definition) is 2. The van der Waals surface area contributed by atoms with Crippen LogP contribution in [0.2, 0.25) is 0 Å². The first-order valence-corrected chi connectivity index (χ1v) is 11.3. The van der Waals surface area contributed by atoms with Crippen LogP contribution in [0.25, 0.3) is 0 Å². The first kappa shape index (κ1) is 25.9. The lowest BCUT2D eigenvalue weighted by Crippen LogP contribution is -2.46. The van der Waals surface area contributed by atoms with Crippen molar-refractivity contribution in [2.24, 2.45) is 16.6 Å². The molecule has 7 nitrogen and oxygen atoms in total. The molecule has 3 N–H and O–H groups in total. The van der Waals surface area contributed by atoms with E-state index in [2.05, 4.69) is 56.2 Å². The topological polar surface area (TPSA) is 77.2 Å². The number of benzene rings is 1. The maximum Gasteiger partial charge on any atom is 0.217 e. The van der Waals surface area contributed by atoms with Crippen LogP contribution in [0.1, 0.15) is 37.3 Å². The summed E-state index contributed by atoms with van der Waals surface area (Å²) in [7, 11) is 1.82. The van der Waals surface area contributed by atoms with Crippen LogP contribution in [-0.4, -0.2) is 79.4 Å². The quantitative estimate of drug-likeness (QED) is 0.314. The van der Waals surface area contributed by atoms with Crippen LogP contribution >= 0.6 is 24.0 Å². The molecule has 0 aliphatic carbocycles. The standard InChI is InChI=1S/C23H38N6O.HI/c1-3-27-11-13-28(14-12-27)17-20-8-6-19(7-9-20)16-26-23(25-2)29-10-4-5-21(18-29)15-22(24)30;/h6-9,21H,3-5,10-18H2,1-2H3,(H2,24,30)(H,25,26);1H. The average molecular weight is 543 g/mol. The Morgan fingerprint density at radius 2 is 1.74 bits per heavy atom. The lowest BCUT2D eigenvalue weighted by molar-refractivity contribution is -0.119. The molecule has 2 aliphatic rings. The van der Waals surface area contributed by atoms with Gasteiger partial charge in [0.05, 0.1) is 0 Å². The molecular weight excluding hydrogens is 503 g/mol. The number of likely N-dealkylation sites (tertiary alicyclic amines) is 1. The number of carbonyl (C=O) groups excluding carboxylic acids is 1. The minimum atomic E-state index is -0.211. The van der Waals surface area contributed by atoms with Crippen molar-refractivity contribution < 1.29 is 4.79 Å². The van der Waals surface area contributed by atoms with E-state index in [1.165, 1.54) is 24.2 Å². The average Bonchev–Trinajstić information content (AvgIpc) is 2.76. The Morgan fingerprint density at radius 3 is 2.35 bits per heavy atom. The number of hydrogen-bond acceptors (Lipinski definition) is 4. The van der Waals surface area contributed by atoms with Crippen LogP contribution in [0.4, 0.5) is 0 Å². The number of guanidine groups is 1. The van der Waals surface area contributed by atoms with E-state index in [1.807, 2.05) is 7.05 Å². The minimum absolute atomic E-state index is 0. The van der Waals surface area contributed by atoms with Gasteiger partial charge >= 0.3 is 0 Å². The highest BCUT2D eigenvalue weighted by Crippen LogP contribution is 2.19. The Labute approximate surface area is 204 Å². The summed E-state index contributed by atoms with van der Waals surface area (Å²) < 4.78 is 0. The van der Waals surface area contributed by atoms with Crippen molar-refractivity contribution in [3.05, 3.63) is 35.4 Å². The van der Waals surface area contributed by atoms with Gasteiger partial charge in [-0.25, -0.2) is 0 Å². The van der Waals surface area contributed by atoms with Crippen LogP contribution < -0.4 is 11.1 Å². The van der Waals surface area contributed by atoms with Crippen molar-refractivity contribution in [2.45, 2.75) is 39.3 Å². The number of nitrogens with two attached hydrogens (primary N) is 1. The minimum Gasteiger partial charge on any atom is -0.370 e. The van der Waals surface area contributed by atoms with E-state index in [-0.39, 0.29) is 29.9 Å². The predicted molar refractivity (Wildman–Crippen MR) is 138 cm³/mol. The Morgan fingerprint density at radius 1 is 1.10 bits per heavy atom. The van der Waals surface area contributed by atoms with E-state index in [4.69, 9.17) is 5.73 Å². The van der Waals surface area contributed by atoms with Crippen LogP contribution in [0.5, 0.6) is 0 Å². The Balaban J connectivity index is 0.00000341. The monoisotopic (exact) mass is 542 g/mol. The third-order valence-corrected chi connectivity index (χ3v) is 6.31. The first-order valence-electron chi connectivity index (χ1n) is 11.3. The number of nitrogens with zero attached hydrogens (tertiary/aromatic N) is 4. The van der Waals surface area contributed by atoms with E-state index < -0.39 is 0 Å². The molecule has 2 fully saturated rings. The van der Waals surface area contributed by atoms with Gasteiger partial charge in [0.1, 0.15) is 0 Å². The highest BCUT2D eigenvalue weighted by atomic mass is 127. The number of piperazine rings is 1. The summed E-state index contributed by atoms with van der Waals surface area (Å²) in [5.74, 6) is 1.02. The molecule has 1 unspecified atom stereocenters. The summed E-state index contributed by atoms with van der Waals surface area (Å²) in [6.45, 7) is 11.6. The molecule has 1 aromatic carbocycles. The number of aliphatic imine (C=N–C) groups is 1. The molecule has 2 aliphatic heterocycles. The van der Waals surface area contributed by atoms with Gasteiger partial charge in [-0.15, -0.1) is 24.0 Å². The summed E-state index contributed by atoms with van der Waals surface area (Å²) in [6, 6.07) is 8.92. The zero-order chi connectivity index (χ0) is 21.3. The highest BCUT2D eigenvalue weighted by Gasteiger charge is 2.23. The zero-order valence-corrected chi connectivity index (χ0v) is 21.4. The van der Waals surface area contributed by atoms with E-state index in [0.717, 1.165) is 64.6 Å². The molecule has 174 valence electrons. The molecule has 2 saturated heterocycles. The zero-order valence-electron chi connectivity index (χ0n) is 19.1. The molecule has 8 heteroatoms. The molecule has 0 spiro atoms. The largest absolute Gasteiger partial charge is 0.370 e. The van der Waals surface area contributed by atoms with Crippen LogP contribution in [0, 0.1) is 5.92 Å². The third kappa shape index (κ3) is 8.23. The van der Waals surface area contributed by atoms with Gasteiger partial charge in [-0.1, -0.05) is 31.2 Å². The number of likely N-dealkylation sites (N-methyl/N-ethyl adjacent to an activating group) is 1. The number of piperidine rings is 1. The van der Waals surface area contributed by atoms with Gasteiger partial charge in [0.25, 0.3) is 0 Å². The van der Waals surface area contributed by atoms with Crippen molar-refractivity contribution in [3.63, 3.8) is 0 Å². The number of halogens is 1. The summed E-state index contributed by atoms with van der Waals surface area (Å²) >= 11 is 0. The number of amides is 1. The Hall–Kier alpha value is -1.39. The summed E-state index contributed by atoms with van der Waals surface area (Å²) in [5.41, 5.74) is 8.01. The normalized spacial score (nSPS) is 20.9. The fraction of sp³-hybridized carbons (Fsp3) is 0.652. The van der Waals surface area contributed by atoms with E-state index in [1.54, 1.807) is 0 Å². The predicted octanol–water partition coefficient (Wildman–Crippen LogP) is 2.10. The van der Waals surface area contributed by atoms with Gasteiger partial charge < -0.3 is 20.9 Å². The third-order valence-electron chi connectivity index (χ3n) is 6.31. The van der Waals surface area contributed by atoms with Gasteiger partial charge in [0.2, 0.25) is 5.91 Å². The Kier molecular flexibility index (Phi) is 11.0. The number of nitrogens with one attached hydrogen (secondary N) is 1. The van der Waals surface area contributed by atoms with Gasteiger partial charge in [-0.05, 0) is 36.4 Å². The molecule has 0 radical (unpaired) electrons. The second kappa shape index (κ2) is 13.2. The van der Waals surface area contributed by atoms with Gasteiger partial charge in [0.15, 0.2) is 5.96 Å². The van der Waals surface area contributed by atoms with Crippen LogP contribution in [-0.2, 0) is 17.9 Å². The fourth-order valence-electron chi connectivity index (χ4n) is 4.51. The van der Waals surface area contributed by atoms with Gasteiger partial charge in [-0.2, -0.15) is 0 Å². The number of carbonyl (C=O) groups is 1. The molecular formula is C23H39IN6O. The highest BCUT2D eigenvalue weighted by molar-refractivity contribution is 14.0. The molecule has 2 heterocycles. The van der Waals surface area contributed by atoms with E-state index in [0.29, 0.717) is 12.3 Å². The summed E-state index contributed by atoms with van der Waals surface area (Å²) in [5, 5.41) is 3.49. The van der Waals surface area contributed by atoms with Gasteiger partial charge in [-0.3, -0.25) is 14.7 Å². The smallest absolute Gasteiger partial charge is 0.217 e. The maximum absolute atomic E-state index is 11.3. The molecule has 31 heavy (non-hydrogen) atoms. The lowest BCUT2D eigenvalue weighted by Gasteiger charge is -2.34. The van der Waals surface area contributed by atoms with Crippen molar-refractivity contribution in [1.29, 1.82) is 0 Å². The SMILES string of the molecule is CCN1CCN(Cc2ccc(CNC(=NC)N3CCCC(CC(N)=O)C3)cc2)CC1.I. The lowest BCUT2D eigenvalue weighted by atomic mass is 9.95. The molecule has 3 rings (SSSR count). The van der Waals surface area contributed by atoms with E-state index >= 15 is 0 Å². The van der Waals surface area contributed by atoms with Crippen molar-refractivity contribution in [2.75, 3.05) is 52.9 Å². The summed E-state index contributed by atoms with van der Waals surface area (Å²) in [6.07, 6.45) is 2.59. The molecule has 1 atom stereocenters. The van der Waals surface area contributed by atoms with Gasteiger partial charge in [0, 0.05) is 65.8 Å². The number of primary amides is 1. The summed E-state index contributed by atoms with van der Waals surface area (Å²) in [4.78, 5) is 23.0. The Bertz CT molecular complexity index is 703. The number of rotatable bonds is 7.